The first kappa shape index (κ1) is 21.5. The summed E-state index contributed by atoms with van der Waals surface area (Å²) in [7, 11) is -6.23. The number of hydrogen-bond acceptors (Lipinski definition) is 4. The summed E-state index contributed by atoms with van der Waals surface area (Å²) in [6.45, 7) is 8.57. The molecule has 0 aromatic rings. The number of hydrogen-bond donors (Lipinski definition) is 2. The van der Waals surface area contributed by atoms with Crippen LogP contribution in [0, 0.1) is 0 Å². The van der Waals surface area contributed by atoms with Gasteiger partial charge in [0.25, 0.3) is 5.92 Å². The Morgan fingerprint density at radius 3 is 2.31 bits per heavy atom. The Hall–Kier alpha value is -0.783. The second kappa shape index (κ2) is 6.68. The van der Waals surface area contributed by atoms with Gasteiger partial charge in [0, 0.05) is 6.54 Å². The Labute approximate surface area is 154 Å². The highest BCUT2D eigenvalue weighted by molar-refractivity contribution is 7.90. The van der Waals surface area contributed by atoms with Gasteiger partial charge >= 0.3 is 6.09 Å². The number of alkyl halides is 2. The molecule has 0 bridgehead atoms. The Morgan fingerprint density at radius 2 is 1.88 bits per heavy atom. The lowest BCUT2D eigenvalue weighted by Gasteiger charge is -2.38. The molecule has 0 radical (unpaired) electrons. The van der Waals surface area contributed by atoms with E-state index in [2.05, 4.69) is 0 Å². The average Bonchev–Trinajstić information content (AvgIpc) is 3.24. The van der Waals surface area contributed by atoms with Crippen molar-refractivity contribution in [2.75, 3.05) is 13.2 Å². The van der Waals surface area contributed by atoms with Crippen LogP contribution in [-0.4, -0.2) is 69.2 Å². The van der Waals surface area contributed by atoms with E-state index in [0.29, 0.717) is 17.7 Å². The van der Waals surface area contributed by atoms with Gasteiger partial charge in [-0.15, -0.1) is 0 Å². The number of sulfonamides is 1. The molecule has 1 heterocycles. The Bertz CT molecular complexity index is 661. The number of carbonyl (C=O) groups is 1. The van der Waals surface area contributed by atoms with Crippen molar-refractivity contribution < 1.29 is 31.5 Å². The van der Waals surface area contributed by atoms with Crippen molar-refractivity contribution in [3.8, 4) is 0 Å². The molecule has 1 aliphatic carbocycles. The van der Waals surface area contributed by atoms with Gasteiger partial charge in [-0.05, 0) is 31.0 Å². The monoisotopic (exact) mass is 414 g/mol. The summed E-state index contributed by atoms with van der Waals surface area (Å²) in [5.41, 5.74) is 0. The lowest BCUT2D eigenvalue weighted by atomic mass is 10.1. The van der Waals surface area contributed by atoms with Crippen molar-refractivity contribution in [3.63, 3.8) is 0 Å². The number of carboxylic acid groups (broad SMARTS) is 1. The number of likely N-dealkylation sites (tertiary alicyclic amines) is 1. The quantitative estimate of drug-likeness (QED) is 0.651. The normalized spacial score (nSPS) is 27.0. The molecule has 1 aliphatic heterocycles. The fourth-order valence-corrected chi connectivity index (χ4v) is 5.18. The molecule has 2 fully saturated rings. The molecule has 2 atom stereocenters. The van der Waals surface area contributed by atoms with Crippen LogP contribution in [0.3, 0.4) is 0 Å². The maximum atomic E-state index is 14.9. The van der Waals surface area contributed by atoms with Gasteiger partial charge in [0.15, 0.2) is 8.32 Å². The van der Waals surface area contributed by atoms with Gasteiger partial charge in [-0.1, -0.05) is 20.8 Å². The van der Waals surface area contributed by atoms with Crippen LogP contribution in [0.1, 0.15) is 33.6 Å². The van der Waals surface area contributed by atoms with Crippen molar-refractivity contribution in [2.45, 2.75) is 75.0 Å². The topological polar surface area (TPSA) is 95.9 Å². The van der Waals surface area contributed by atoms with Crippen molar-refractivity contribution in [1.82, 2.24) is 9.62 Å². The molecule has 1 amide bonds. The summed E-state index contributed by atoms with van der Waals surface area (Å²) < 4.78 is 61.6. The SMILES string of the molecule is CC(C)(C)[Si](C)(C)OC[C@H]1N(C(=O)O)C[C@@H](NS(=O)(=O)C2CC2)C1(F)F. The molecule has 0 spiro atoms. The fraction of sp³-hybridized carbons (Fsp3) is 0.933. The van der Waals surface area contributed by atoms with Crippen molar-refractivity contribution in [1.29, 1.82) is 0 Å². The summed E-state index contributed by atoms with van der Waals surface area (Å²) in [4.78, 5) is 12.0. The molecule has 0 unspecified atom stereocenters. The van der Waals surface area contributed by atoms with Gasteiger partial charge in [-0.2, -0.15) is 0 Å². The fourth-order valence-electron chi connectivity index (χ4n) is 2.59. The smallest absolute Gasteiger partial charge is 0.407 e. The molecule has 2 aliphatic rings. The van der Waals surface area contributed by atoms with E-state index in [9.17, 15) is 27.1 Å². The minimum Gasteiger partial charge on any atom is -0.465 e. The molecule has 11 heteroatoms. The molecule has 0 aromatic heterocycles. The highest BCUT2D eigenvalue weighted by Gasteiger charge is 2.60. The van der Waals surface area contributed by atoms with E-state index in [4.69, 9.17) is 4.43 Å². The van der Waals surface area contributed by atoms with Gasteiger partial charge in [0.1, 0.15) is 12.1 Å². The van der Waals surface area contributed by atoms with Crippen molar-refractivity contribution in [3.05, 3.63) is 0 Å². The molecule has 2 N–H and O–H groups in total. The van der Waals surface area contributed by atoms with Gasteiger partial charge < -0.3 is 9.53 Å². The van der Waals surface area contributed by atoms with E-state index in [1.165, 1.54) is 0 Å². The predicted octanol–water partition coefficient (Wildman–Crippen LogP) is 2.46. The summed E-state index contributed by atoms with van der Waals surface area (Å²) >= 11 is 0. The van der Waals surface area contributed by atoms with E-state index in [1.54, 1.807) is 0 Å². The summed E-state index contributed by atoms with van der Waals surface area (Å²) in [6.07, 6.45) is -0.635. The van der Waals surface area contributed by atoms with Crippen LogP contribution in [0.15, 0.2) is 0 Å². The summed E-state index contributed by atoms with van der Waals surface area (Å²) in [5, 5.41) is 8.44. The lowest BCUT2D eigenvalue weighted by molar-refractivity contribution is -0.0573. The zero-order valence-corrected chi connectivity index (χ0v) is 17.6. The first-order chi connectivity index (χ1) is 11.6. The Kier molecular flexibility index (Phi) is 5.53. The van der Waals surface area contributed by atoms with E-state index >= 15 is 0 Å². The van der Waals surface area contributed by atoms with Crippen molar-refractivity contribution >= 4 is 24.4 Å². The van der Waals surface area contributed by atoms with Crippen LogP contribution in [0.2, 0.25) is 18.1 Å². The molecule has 152 valence electrons. The van der Waals surface area contributed by atoms with Crippen LogP contribution in [-0.2, 0) is 14.4 Å². The minimum atomic E-state index is -3.86. The average molecular weight is 415 g/mol. The standard InChI is InChI=1S/C15H28F2N2O5SSi/c1-14(2,3)26(4,5)24-9-12-15(16,17)11(8-19(12)13(20)21)18-25(22,23)10-6-7-10/h10-12,18H,6-9H2,1-5H3,(H,20,21)/t11-,12-/m1/s1. The molecular formula is C15H28F2N2O5SSi. The molecule has 1 saturated carbocycles. The van der Waals surface area contributed by atoms with E-state index in [0.717, 1.165) is 0 Å². The maximum Gasteiger partial charge on any atom is 0.407 e. The van der Waals surface area contributed by atoms with E-state index in [-0.39, 0.29) is 5.04 Å². The third-order valence-corrected chi connectivity index (χ3v) is 12.1. The Balaban J connectivity index is 2.19. The maximum absolute atomic E-state index is 14.9. The van der Waals surface area contributed by atoms with E-state index < -0.39 is 60.8 Å². The number of nitrogens with zero attached hydrogens (tertiary/aromatic N) is 1. The Morgan fingerprint density at radius 1 is 1.35 bits per heavy atom. The zero-order valence-electron chi connectivity index (χ0n) is 15.8. The van der Waals surface area contributed by atoms with Gasteiger partial charge in [-0.3, -0.25) is 4.90 Å². The molecular weight excluding hydrogens is 386 g/mol. The largest absolute Gasteiger partial charge is 0.465 e. The molecule has 26 heavy (non-hydrogen) atoms. The van der Waals surface area contributed by atoms with Crippen LogP contribution >= 0.6 is 0 Å². The predicted molar refractivity (Wildman–Crippen MR) is 95.5 cm³/mol. The molecule has 1 saturated heterocycles. The number of halogens is 2. The van der Waals surface area contributed by atoms with Crippen LogP contribution < -0.4 is 4.72 Å². The number of nitrogens with one attached hydrogen (secondary N) is 1. The highest BCUT2D eigenvalue weighted by atomic mass is 32.2. The number of rotatable bonds is 6. The lowest BCUT2D eigenvalue weighted by Crippen LogP contribution is -2.53. The third kappa shape index (κ3) is 4.20. The van der Waals surface area contributed by atoms with Gasteiger partial charge in [0.05, 0.1) is 11.9 Å². The minimum absolute atomic E-state index is 0.220. The van der Waals surface area contributed by atoms with Gasteiger partial charge in [-0.25, -0.2) is 26.7 Å². The van der Waals surface area contributed by atoms with Crippen molar-refractivity contribution in [2.24, 2.45) is 0 Å². The van der Waals surface area contributed by atoms with Crippen LogP contribution in [0.25, 0.3) is 0 Å². The second-order valence-corrected chi connectivity index (χ2v) is 15.4. The summed E-state index contributed by atoms with van der Waals surface area (Å²) in [6, 6.07) is -3.50. The number of amides is 1. The highest BCUT2D eigenvalue weighted by Crippen LogP contribution is 2.40. The molecule has 0 aromatic carbocycles. The van der Waals surface area contributed by atoms with Crippen LogP contribution in [0.4, 0.5) is 13.6 Å². The van der Waals surface area contributed by atoms with E-state index in [1.807, 2.05) is 38.6 Å². The molecule has 7 nitrogen and oxygen atoms in total. The summed E-state index contributed by atoms with van der Waals surface area (Å²) in [5.74, 6) is -3.55. The third-order valence-electron chi connectivity index (χ3n) is 5.59. The second-order valence-electron chi connectivity index (χ2n) is 8.61. The molecule has 2 rings (SSSR count). The van der Waals surface area contributed by atoms with Gasteiger partial charge in [0.2, 0.25) is 10.0 Å². The first-order valence-electron chi connectivity index (χ1n) is 8.62. The van der Waals surface area contributed by atoms with Crippen LogP contribution in [0.5, 0.6) is 0 Å². The zero-order chi connectivity index (χ0) is 20.1. The first-order valence-corrected chi connectivity index (χ1v) is 13.1.